The molecule has 0 radical (unpaired) electrons. The molecule has 0 bridgehead atoms. The molecular weight excluding hydrogens is 621 g/mol. The molecular formula is C34H30Cl3N3O4. The van der Waals surface area contributed by atoms with Crippen LogP contribution in [0.2, 0.25) is 15.1 Å². The minimum absolute atomic E-state index is 0.282. The summed E-state index contributed by atoms with van der Waals surface area (Å²) in [6.45, 7) is 1.71. The second-order valence-electron chi connectivity index (χ2n) is 11.0. The Balaban J connectivity index is 1.53. The molecule has 1 atom stereocenters. The fourth-order valence-corrected chi connectivity index (χ4v) is 6.92. The van der Waals surface area contributed by atoms with E-state index in [1.165, 1.54) is 0 Å². The molecule has 0 aromatic heterocycles. The summed E-state index contributed by atoms with van der Waals surface area (Å²) >= 11 is 20.3. The number of methoxy groups -OCH3 is 1. The van der Waals surface area contributed by atoms with Gasteiger partial charge in [-0.2, -0.15) is 0 Å². The van der Waals surface area contributed by atoms with Gasteiger partial charge in [0.15, 0.2) is 0 Å². The first-order valence-corrected chi connectivity index (χ1v) is 15.4. The summed E-state index contributed by atoms with van der Waals surface area (Å²) in [4.78, 5) is 31.7. The van der Waals surface area contributed by atoms with Crippen molar-refractivity contribution in [3.63, 3.8) is 0 Å². The highest BCUT2D eigenvalue weighted by Gasteiger charge is 2.37. The van der Waals surface area contributed by atoms with Gasteiger partial charge < -0.3 is 14.7 Å². The third-order valence-electron chi connectivity index (χ3n) is 8.23. The Morgan fingerprint density at radius 3 is 2.27 bits per heavy atom. The van der Waals surface area contributed by atoms with Crippen molar-refractivity contribution >= 4 is 58.2 Å². The van der Waals surface area contributed by atoms with Crippen LogP contribution in [0.4, 0.5) is 16.2 Å². The number of aliphatic carboxylic acids is 1. The van der Waals surface area contributed by atoms with E-state index in [0.29, 0.717) is 59.0 Å². The smallest absolute Gasteiger partial charge is 0.329 e. The van der Waals surface area contributed by atoms with Gasteiger partial charge in [-0.15, -0.1) is 0 Å². The first-order valence-electron chi connectivity index (χ1n) is 14.3. The van der Waals surface area contributed by atoms with Crippen LogP contribution in [0.1, 0.15) is 29.5 Å². The zero-order valence-corrected chi connectivity index (χ0v) is 26.2. The number of carbonyl (C=O) groups is 2. The highest BCUT2D eigenvalue weighted by Crippen LogP contribution is 2.47. The van der Waals surface area contributed by atoms with Crippen molar-refractivity contribution in [2.75, 3.05) is 18.6 Å². The van der Waals surface area contributed by atoms with Gasteiger partial charge in [-0.05, 0) is 78.5 Å². The van der Waals surface area contributed by atoms with E-state index in [-0.39, 0.29) is 6.03 Å². The zero-order chi connectivity index (χ0) is 31.0. The van der Waals surface area contributed by atoms with Crippen molar-refractivity contribution in [2.45, 2.75) is 38.5 Å². The van der Waals surface area contributed by atoms with Gasteiger partial charge in [0.05, 0.1) is 35.1 Å². The van der Waals surface area contributed by atoms with Crippen LogP contribution in [0, 0.1) is 0 Å². The fourth-order valence-electron chi connectivity index (χ4n) is 6.12. The summed E-state index contributed by atoms with van der Waals surface area (Å²) in [7, 11) is 1.61. The summed E-state index contributed by atoms with van der Waals surface area (Å²) in [5.41, 5.74) is 5.35. The molecule has 1 saturated heterocycles. The molecule has 2 heterocycles. The van der Waals surface area contributed by atoms with Crippen molar-refractivity contribution in [3.8, 4) is 16.9 Å². The van der Waals surface area contributed by atoms with Crippen molar-refractivity contribution in [1.82, 2.24) is 9.80 Å². The number of carbonyl (C=O) groups excluding carboxylic acids is 1. The molecule has 0 aliphatic carbocycles. The minimum atomic E-state index is -0.833. The standard InChI is InChI=1S/C34H30Cl3N3O4/c1-44-23-13-11-21(12-14-23)18-39-20-26-25(24-6-2-3-7-27(24)35)16-22(19-38-15-5-10-30(38)33(41)42)17-31(26)40(34(39)43)32-28(36)8-4-9-29(32)37/h2-4,6-9,11-14,16-17,30H,5,10,15,18-20H2,1H3,(H,41,42). The average Bonchev–Trinajstić information content (AvgIpc) is 3.48. The molecule has 0 spiro atoms. The van der Waals surface area contributed by atoms with Gasteiger partial charge in [0.1, 0.15) is 11.8 Å². The van der Waals surface area contributed by atoms with Crippen molar-refractivity contribution < 1.29 is 19.4 Å². The Labute approximate surface area is 271 Å². The molecule has 226 valence electrons. The number of likely N-dealkylation sites (tertiary alicyclic amines) is 1. The van der Waals surface area contributed by atoms with Crippen LogP contribution in [-0.2, 0) is 24.4 Å². The molecule has 2 aliphatic rings. The molecule has 2 aliphatic heterocycles. The predicted octanol–water partition coefficient (Wildman–Crippen LogP) is 8.65. The Kier molecular flexibility index (Phi) is 8.74. The number of halogens is 3. The Morgan fingerprint density at radius 1 is 0.886 bits per heavy atom. The SMILES string of the molecule is COc1ccc(CN2Cc3c(-c4ccccc4Cl)cc(CN4CCCC4C(=O)O)cc3N(c3c(Cl)cccc3Cl)C2=O)cc1. The van der Waals surface area contributed by atoms with Gasteiger partial charge in [-0.25, -0.2) is 4.79 Å². The van der Waals surface area contributed by atoms with E-state index < -0.39 is 12.0 Å². The highest BCUT2D eigenvalue weighted by atomic mass is 35.5. The lowest BCUT2D eigenvalue weighted by atomic mass is 9.92. The lowest BCUT2D eigenvalue weighted by Gasteiger charge is -2.39. The Morgan fingerprint density at radius 2 is 1.59 bits per heavy atom. The largest absolute Gasteiger partial charge is 0.497 e. The maximum atomic E-state index is 14.4. The van der Waals surface area contributed by atoms with Gasteiger partial charge >= 0.3 is 12.0 Å². The van der Waals surface area contributed by atoms with E-state index in [0.717, 1.165) is 40.0 Å². The molecule has 6 rings (SSSR count). The summed E-state index contributed by atoms with van der Waals surface area (Å²) in [5, 5.41) is 11.1. The first kappa shape index (κ1) is 30.3. The van der Waals surface area contributed by atoms with E-state index in [9.17, 15) is 14.7 Å². The summed E-state index contributed by atoms with van der Waals surface area (Å²) in [6.07, 6.45) is 1.40. The van der Waals surface area contributed by atoms with Crippen LogP contribution in [-0.4, -0.2) is 46.6 Å². The lowest BCUT2D eigenvalue weighted by Crippen LogP contribution is -2.45. The molecule has 1 unspecified atom stereocenters. The second kappa shape index (κ2) is 12.7. The number of hydrogen-bond donors (Lipinski definition) is 1. The number of urea groups is 1. The number of nitrogens with zero attached hydrogens (tertiary/aromatic N) is 3. The number of benzene rings is 4. The average molecular weight is 651 g/mol. The maximum Gasteiger partial charge on any atom is 0.329 e. The fraction of sp³-hybridized carbons (Fsp3) is 0.235. The monoisotopic (exact) mass is 649 g/mol. The summed E-state index contributed by atoms with van der Waals surface area (Å²) in [5.74, 6) is -0.106. The Bertz CT molecular complexity index is 1710. The van der Waals surface area contributed by atoms with Gasteiger partial charge in [-0.3, -0.25) is 14.6 Å². The van der Waals surface area contributed by atoms with E-state index in [1.807, 2.05) is 59.5 Å². The third-order valence-corrected chi connectivity index (χ3v) is 9.17. The number of carboxylic acid groups (broad SMARTS) is 1. The normalized spacial score (nSPS) is 16.7. The number of para-hydroxylation sites is 1. The highest BCUT2D eigenvalue weighted by molar-refractivity contribution is 6.40. The van der Waals surface area contributed by atoms with E-state index in [2.05, 4.69) is 6.07 Å². The molecule has 1 fully saturated rings. The number of hydrogen-bond acceptors (Lipinski definition) is 4. The predicted molar refractivity (Wildman–Crippen MR) is 174 cm³/mol. The first-order chi connectivity index (χ1) is 21.2. The van der Waals surface area contributed by atoms with Crippen LogP contribution < -0.4 is 9.64 Å². The van der Waals surface area contributed by atoms with E-state index in [4.69, 9.17) is 39.5 Å². The molecule has 4 aromatic carbocycles. The van der Waals surface area contributed by atoms with Gasteiger partial charge in [-0.1, -0.05) is 71.2 Å². The maximum absolute atomic E-state index is 14.4. The van der Waals surface area contributed by atoms with Crippen LogP contribution in [0.25, 0.3) is 11.1 Å². The third kappa shape index (κ3) is 5.85. The van der Waals surface area contributed by atoms with Crippen molar-refractivity contribution in [3.05, 3.63) is 111 Å². The van der Waals surface area contributed by atoms with Crippen LogP contribution in [0.15, 0.2) is 78.9 Å². The van der Waals surface area contributed by atoms with E-state index >= 15 is 0 Å². The van der Waals surface area contributed by atoms with E-state index in [1.54, 1.807) is 35.1 Å². The molecule has 1 N–H and O–H groups in total. The molecule has 4 aromatic rings. The molecule has 10 heteroatoms. The van der Waals surface area contributed by atoms with Crippen molar-refractivity contribution in [1.29, 1.82) is 0 Å². The van der Waals surface area contributed by atoms with Crippen LogP contribution >= 0.6 is 34.8 Å². The molecule has 2 amide bonds. The van der Waals surface area contributed by atoms with Crippen LogP contribution in [0.5, 0.6) is 5.75 Å². The summed E-state index contributed by atoms with van der Waals surface area (Å²) < 4.78 is 5.32. The van der Waals surface area contributed by atoms with Gasteiger partial charge in [0.25, 0.3) is 0 Å². The number of carboxylic acids is 1. The second-order valence-corrected chi connectivity index (χ2v) is 12.2. The number of anilines is 2. The number of fused-ring (bicyclic) bond motifs is 1. The topological polar surface area (TPSA) is 73.3 Å². The number of rotatable bonds is 8. The zero-order valence-electron chi connectivity index (χ0n) is 24.0. The number of amides is 2. The molecule has 44 heavy (non-hydrogen) atoms. The Hall–Kier alpha value is -3.75. The summed E-state index contributed by atoms with van der Waals surface area (Å²) in [6, 6.07) is 23.5. The minimum Gasteiger partial charge on any atom is -0.497 e. The quantitative estimate of drug-likeness (QED) is 0.207. The number of ether oxygens (including phenoxy) is 1. The molecule has 0 saturated carbocycles. The van der Waals surface area contributed by atoms with Gasteiger partial charge in [0.2, 0.25) is 0 Å². The lowest BCUT2D eigenvalue weighted by molar-refractivity contribution is -0.142. The molecule has 7 nitrogen and oxygen atoms in total. The van der Waals surface area contributed by atoms with Gasteiger partial charge in [0, 0.05) is 29.2 Å². The van der Waals surface area contributed by atoms with Crippen LogP contribution in [0.3, 0.4) is 0 Å². The van der Waals surface area contributed by atoms with Crippen molar-refractivity contribution in [2.24, 2.45) is 0 Å².